The summed E-state index contributed by atoms with van der Waals surface area (Å²) >= 11 is 0. The molecule has 0 bridgehead atoms. The lowest BCUT2D eigenvalue weighted by Crippen LogP contribution is -2.30. The summed E-state index contributed by atoms with van der Waals surface area (Å²) in [7, 11) is -9.91. The Morgan fingerprint density at radius 1 is 0.302 bits per heavy atom. The summed E-state index contributed by atoms with van der Waals surface area (Å²) in [6.45, 7) is 11.9. The van der Waals surface area contributed by atoms with Gasteiger partial charge >= 0.3 is 39.5 Å². The first-order chi connectivity index (χ1) is 46.3. The predicted octanol–water partition coefficient (Wildman–Crippen LogP) is 22.6. The van der Waals surface area contributed by atoms with Gasteiger partial charge in [-0.1, -0.05) is 344 Å². The molecule has 0 aromatic rings. The molecule has 0 saturated heterocycles. The molecule has 4 unspecified atom stereocenters. The van der Waals surface area contributed by atoms with Gasteiger partial charge in [0.05, 0.1) is 26.4 Å². The van der Waals surface area contributed by atoms with Gasteiger partial charge in [-0.3, -0.25) is 37.3 Å². The van der Waals surface area contributed by atoms with Crippen LogP contribution in [0.1, 0.15) is 395 Å². The smallest absolute Gasteiger partial charge is 0.462 e. The van der Waals surface area contributed by atoms with Crippen molar-refractivity contribution >= 4 is 39.5 Å². The number of hydrogen-bond donors (Lipinski definition) is 3. The Bertz CT molecular complexity index is 1870. The van der Waals surface area contributed by atoms with Crippen LogP contribution >= 0.6 is 15.6 Å². The first-order valence-corrected chi connectivity index (χ1v) is 42.9. The number of rotatable bonds is 75. The molecule has 0 radical (unpaired) electrons. The number of phosphoric acid groups is 2. The summed E-state index contributed by atoms with van der Waals surface area (Å²) in [5.74, 6) is 0.307. The highest BCUT2D eigenvalue weighted by Crippen LogP contribution is 2.45. The van der Waals surface area contributed by atoms with E-state index < -0.39 is 97.5 Å². The number of phosphoric ester groups is 2. The highest BCUT2D eigenvalue weighted by atomic mass is 31.2. The van der Waals surface area contributed by atoms with Crippen LogP contribution in [0.3, 0.4) is 0 Å². The molecular weight excluding hydrogens is 1260 g/mol. The molecule has 0 fully saturated rings. The van der Waals surface area contributed by atoms with Crippen molar-refractivity contribution in [2.75, 3.05) is 39.6 Å². The third-order valence-corrected chi connectivity index (χ3v) is 20.5. The first-order valence-electron chi connectivity index (χ1n) is 39.9. The van der Waals surface area contributed by atoms with E-state index in [1.165, 1.54) is 193 Å². The number of aliphatic hydroxyl groups is 1. The van der Waals surface area contributed by atoms with Crippen LogP contribution < -0.4 is 0 Å². The van der Waals surface area contributed by atoms with Gasteiger partial charge in [-0.15, -0.1) is 0 Å². The van der Waals surface area contributed by atoms with E-state index in [-0.39, 0.29) is 25.7 Å². The summed E-state index contributed by atoms with van der Waals surface area (Å²) in [5, 5.41) is 10.6. The van der Waals surface area contributed by atoms with Crippen LogP contribution in [0.2, 0.25) is 0 Å². The van der Waals surface area contributed by atoms with Gasteiger partial charge in [0, 0.05) is 25.7 Å². The average molecular weight is 1410 g/mol. The molecule has 0 aromatic carbocycles. The fourth-order valence-electron chi connectivity index (χ4n) is 11.7. The average Bonchev–Trinajstić information content (AvgIpc) is 3.72. The lowest BCUT2D eigenvalue weighted by atomic mass is 9.99. The largest absolute Gasteiger partial charge is 0.472 e. The van der Waals surface area contributed by atoms with E-state index in [0.717, 1.165) is 120 Å². The maximum Gasteiger partial charge on any atom is 0.472 e. The zero-order valence-electron chi connectivity index (χ0n) is 62.8. The van der Waals surface area contributed by atoms with Crippen molar-refractivity contribution in [3.63, 3.8) is 0 Å². The van der Waals surface area contributed by atoms with Crippen molar-refractivity contribution < 1.29 is 80.2 Å². The molecule has 3 N–H and O–H groups in total. The predicted molar refractivity (Wildman–Crippen MR) is 391 cm³/mol. The van der Waals surface area contributed by atoms with E-state index in [4.69, 9.17) is 37.0 Å². The van der Waals surface area contributed by atoms with E-state index in [1.54, 1.807) is 0 Å². The number of carbonyl (C=O) groups is 4. The third kappa shape index (κ3) is 67.9. The maximum atomic E-state index is 13.1. The van der Waals surface area contributed by atoms with Crippen LogP contribution in [0.25, 0.3) is 0 Å². The number of unbranched alkanes of at least 4 members (excludes halogenated alkanes) is 41. The minimum atomic E-state index is -4.96. The van der Waals surface area contributed by atoms with Gasteiger partial charge in [-0.25, -0.2) is 9.13 Å². The lowest BCUT2D eigenvalue weighted by molar-refractivity contribution is -0.161. The van der Waals surface area contributed by atoms with Crippen molar-refractivity contribution in [1.82, 2.24) is 0 Å². The molecule has 0 amide bonds. The van der Waals surface area contributed by atoms with Gasteiger partial charge < -0.3 is 33.8 Å². The molecule has 96 heavy (non-hydrogen) atoms. The monoisotopic (exact) mass is 1410 g/mol. The molecule has 19 heteroatoms. The summed E-state index contributed by atoms with van der Waals surface area (Å²) < 4.78 is 68.4. The number of ether oxygens (including phenoxy) is 4. The van der Waals surface area contributed by atoms with Gasteiger partial charge in [0.15, 0.2) is 12.2 Å². The fraction of sp³-hybridized carbons (Fsp3) is 0.948. The standard InChI is InChI=1S/C77H150O17P2/c1-8-11-12-13-34-44-51-58-74(79)87-64-72(94-77(82)61-54-47-40-33-32-37-43-50-57-70(7)10-3)66-91-95(83,84)89-62-71(78)63-90-96(85,86)92-67-73(65-88-75(80)59-52-45-38-30-26-22-19-18-21-25-29-36-42-49-56-69(6)9-2)93-76(81)60-53-46-39-31-27-23-17-15-14-16-20-24-28-35-41-48-55-68(4)5/h68-73,78H,8-67H2,1-7H3,(H,83,84)(H,85,86)/t69?,70?,71-,72+,73+/m0/s1. The Labute approximate surface area is 588 Å². The molecule has 0 aliphatic carbocycles. The van der Waals surface area contributed by atoms with Crippen LogP contribution in [0.5, 0.6) is 0 Å². The Morgan fingerprint density at radius 3 is 0.792 bits per heavy atom. The number of aliphatic hydroxyl groups excluding tert-OH is 1. The third-order valence-electron chi connectivity index (χ3n) is 18.6. The SMILES string of the molecule is CCCCCCCCCC(=O)OC[C@H](COP(=O)(O)OC[C@H](O)COP(=O)(O)OC[C@@H](COC(=O)CCCCCCCCCCCCCCCCC(C)CC)OC(=O)CCCCCCCCCCCCCCCCCCC(C)C)OC(=O)CCCCCCCCCCC(C)CC. The number of hydrogen-bond acceptors (Lipinski definition) is 15. The van der Waals surface area contributed by atoms with E-state index in [9.17, 15) is 43.2 Å². The van der Waals surface area contributed by atoms with Gasteiger partial charge in [0.1, 0.15) is 19.3 Å². The summed E-state index contributed by atoms with van der Waals surface area (Å²) in [5.41, 5.74) is 0. The lowest BCUT2D eigenvalue weighted by Gasteiger charge is -2.21. The number of esters is 4. The molecule has 0 aromatic heterocycles. The molecule has 17 nitrogen and oxygen atoms in total. The molecular formula is C77H150O17P2. The second kappa shape index (κ2) is 67.5. The van der Waals surface area contributed by atoms with Gasteiger partial charge in [0.25, 0.3) is 0 Å². The highest BCUT2D eigenvalue weighted by Gasteiger charge is 2.30. The van der Waals surface area contributed by atoms with E-state index >= 15 is 0 Å². The molecule has 0 aliphatic heterocycles. The Morgan fingerprint density at radius 2 is 0.531 bits per heavy atom. The van der Waals surface area contributed by atoms with Crippen molar-refractivity contribution in [2.45, 2.75) is 414 Å². The minimum absolute atomic E-state index is 0.105. The molecule has 570 valence electrons. The first kappa shape index (κ1) is 94.1. The van der Waals surface area contributed by atoms with Gasteiger partial charge in [-0.05, 0) is 43.4 Å². The topological polar surface area (TPSA) is 237 Å². The van der Waals surface area contributed by atoms with Crippen LogP contribution in [-0.4, -0.2) is 96.7 Å². The summed E-state index contributed by atoms with van der Waals surface area (Å²) in [6.07, 6.45) is 54.2. The minimum Gasteiger partial charge on any atom is -0.462 e. The fourth-order valence-corrected chi connectivity index (χ4v) is 13.3. The zero-order valence-corrected chi connectivity index (χ0v) is 64.6. The molecule has 0 aliphatic rings. The Hall–Kier alpha value is -1.94. The molecule has 0 saturated carbocycles. The quantitative estimate of drug-likeness (QED) is 0.0222. The highest BCUT2D eigenvalue weighted by molar-refractivity contribution is 7.47. The Kier molecular flexibility index (Phi) is 66.2. The summed E-state index contributed by atoms with van der Waals surface area (Å²) in [4.78, 5) is 72.7. The molecule has 0 heterocycles. The van der Waals surface area contributed by atoms with E-state index in [0.29, 0.717) is 25.7 Å². The maximum absolute atomic E-state index is 13.1. The number of carbonyl (C=O) groups excluding carboxylic acids is 4. The van der Waals surface area contributed by atoms with Crippen LogP contribution in [0.15, 0.2) is 0 Å². The normalized spacial score (nSPS) is 14.6. The molecule has 0 spiro atoms. The van der Waals surface area contributed by atoms with E-state index in [1.807, 2.05) is 0 Å². The Balaban J connectivity index is 5.19. The molecule has 0 rings (SSSR count). The zero-order chi connectivity index (χ0) is 70.9. The van der Waals surface area contributed by atoms with Crippen molar-refractivity contribution in [1.29, 1.82) is 0 Å². The van der Waals surface area contributed by atoms with Crippen LogP contribution in [0, 0.1) is 17.8 Å². The van der Waals surface area contributed by atoms with Crippen molar-refractivity contribution in [3.05, 3.63) is 0 Å². The van der Waals surface area contributed by atoms with Crippen LogP contribution in [-0.2, 0) is 65.4 Å². The second-order valence-electron chi connectivity index (χ2n) is 28.7. The molecule has 7 atom stereocenters. The van der Waals surface area contributed by atoms with E-state index in [2.05, 4.69) is 48.5 Å². The van der Waals surface area contributed by atoms with Crippen LogP contribution in [0.4, 0.5) is 0 Å². The summed E-state index contributed by atoms with van der Waals surface area (Å²) in [6, 6.07) is 0. The van der Waals surface area contributed by atoms with Gasteiger partial charge in [-0.2, -0.15) is 0 Å². The second-order valence-corrected chi connectivity index (χ2v) is 31.6. The van der Waals surface area contributed by atoms with Crippen molar-refractivity contribution in [2.24, 2.45) is 17.8 Å². The van der Waals surface area contributed by atoms with Crippen molar-refractivity contribution in [3.8, 4) is 0 Å². The van der Waals surface area contributed by atoms with Gasteiger partial charge in [0.2, 0.25) is 0 Å².